The predicted octanol–water partition coefficient (Wildman–Crippen LogP) is 3.73. The average Bonchev–Trinajstić information content (AvgIpc) is 2.85. The van der Waals surface area contributed by atoms with Crippen LogP contribution >= 0.6 is 11.8 Å². The highest BCUT2D eigenvalue weighted by Gasteiger charge is 2.22. The van der Waals surface area contributed by atoms with Gasteiger partial charge in [-0.05, 0) is 42.0 Å². The van der Waals surface area contributed by atoms with Crippen LogP contribution in [0.5, 0.6) is 5.75 Å². The summed E-state index contributed by atoms with van der Waals surface area (Å²) in [4.78, 5) is 16.7. The number of anilines is 1. The van der Waals surface area contributed by atoms with E-state index < -0.39 is 0 Å². The minimum Gasteiger partial charge on any atom is -0.497 e. The van der Waals surface area contributed by atoms with Crippen molar-refractivity contribution in [3.63, 3.8) is 0 Å². The Morgan fingerprint density at radius 3 is 2.32 bits per heavy atom. The Bertz CT molecular complexity index is 973. The van der Waals surface area contributed by atoms with Crippen LogP contribution in [-0.4, -0.2) is 60.0 Å². The van der Waals surface area contributed by atoms with Crippen molar-refractivity contribution in [2.45, 2.75) is 5.75 Å². The molecule has 0 saturated carbocycles. The van der Waals surface area contributed by atoms with Gasteiger partial charge in [0.05, 0.1) is 18.6 Å². The molecule has 1 amide bonds. The molecule has 2 aromatic carbocycles. The Kier molecular flexibility index (Phi) is 7.04. The molecule has 1 aromatic heterocycles. The van der Waals surface area contributed by atoms with Gasteiger partial charge in [0.1, 0.15) is 5.75 Å². The Morgan fingerprint density at radius 2 is 1.68 bits per heavy atom. The lowest BCUT2D eigenvalue weighted by atomic mass is 10.1. The molecule has 31 heavy (non-hydrogen) atoms. The number of methoxy groups -OCH3 is 1. The highest BCUT2D eigenvalue weighted by atomic mass is 32.2. The van der Waals surface area contributed by atoms with Crippen molar-refractivity contribution in [1.82, 2.24) is 15.1 Å². The van der Waals surface area contributed by atoms with Gasteiger partial charge >= 0.3 is 0 Å². The highest BCUT2D eigenvalue weighted by molar-refractivity contribution is 7.99. The molecule has 160 valence electrons. The van der Waals surface area contributed by atoms with Crippen LogP contribution in [0, 0.1) is 0 Å². The molecule has 7 heteroatoms. The minimum atomic E-state index is 0.210. The van der Waals surface area contributed by atoms with E-state index in [1.54, 1.807) is 18.9 Å². The number of thioether (sulfide) groups is 1. The maximum Gasteiger partial charge on any atom is 0.232 e. The van der Waals surface area contributed by atoms with Crippen LogP contribution in [-0.2, 0) is 10.5 Å². The lowest BCUT2D eigenvalue weighted by Gasteiger charge is -2.35. The number of amides is 1. The molecule has 6 nitrogen and oxygen atoms in total. The van der Waals surface area contributed by atoms with Crippen LogP contribution in [0.2, 0.25) is 0 Å². The fraction of sp³-hybridized carbons (Fsp3) is 0.292. The van der Waals surface area contributed by atoms with Crippen molar-refractivity contribution in [1.29, 1.82) is 0 Å². The zero-order chi connectivity index (χ0) is 21.5. The van der Waals surface area contributed by atoms with Crippen LogP contribution in [0.1, 0.15) is 5.56 Å². The predicted molar refractivity (Wildman–Crippen MR) is 125 cm³/mol. The quantitative estimate of drug-likeness (QED) is 0.565. The lowest BCUT2D eigenvalue weighted by Crippen LogP contribution is -2.49. The second kappa shape index (κ2) is 10.3. The van der Waals surface area contributed by atoms with Crippen molar-refractivity contribution in [3.8, 4) is 17.0 Å². The summed E-state index contributed by atoms with van der Waals surface area (Å²) in [5, 5.41) is 8.80. The molecule has 0 unspecified atom stereocenters. The molecule has 0 aliphatic carbocycles. The summed E-state index contributed by atoms with van der Waals surface area (Å²) in [5.41, 5.74) is 3.08. The third kappa shape index (κ3) is 5.55. The first-order valence-electron chi connectivity index (χ1n) is 10.4. The van der Waals surface area contributed by atoms with E-state index in [1.165, 1.54) is 5.56 Å². The van der Waals surface area contributed by atoms with Gasteiger partial charge in [-0.15, -0.1) is 22.0 Å². The van der Waals surface area contributed by atoms with Crippen LogP contribution in [0.3, 0.4) is 0 Å². The topological polar surface area (TPSA) is 58.6 Å². The van der Waals surface area contributed by atoms with Gasteiger partial charge in [0.15, 0.2) is 5.82 Å². The molecular formula is C24H26N4O2S. The summed E-state index contributed by atoms with van der Waals surface area (Å²) in [6, 6.07) is 22.0. The Morgan fingerprint density at radius 1 is 0.935 bits per heavy atom. The maximum absolute atomic E-state index is 12.5. The van der Waals surface area contributed by atoms with Crippen molar-refractivity contribution in [2.24, 2.45) is 0 Å². The van der Waals surface area contributed by atoms with Gasteiger partial charge in [0, 0.05) is 37.5 Å². The summed E-state index contributed by atoms with van der Waals surface area (Å²) in [6.45, 7) is 2.97. The van der Waals surface area contributed by atoms with E-state index in [2.05, 4.69) is 27.2 Å². The molecule has 0 bridgehead atoms. The normalized spacial score (nSPS) is 13.8. The Labute approximate surface area is 187 Å². The average molecular weight is 435 g/mol. The number of nitrogens with zero attached hydrogens (tertiary/aromatic N) is 4. The van der Waals surface area contributed by atoms with Gasteiger partial charge in [-0.25, -0.2) is 0 Å². The molecule has 1 fully saturated rings. The summed E-state index contributed by atoms with van der Waals surface area (Å²) in [5.74, 6) is 3.26. The number of hydrogen-bond donors (Lipinski definition) is 0. The highest BCUT2D eigenvalue weighted by Crippen LogP contribution is 2.22. The molecule has 0 spiro atoms. The number of carbonyl (C=O) groups excluding carboxylic acids is 1. The molecule has 2 heterocycles. The van der Waals surface area contributed by atoms with E-state index in [9.17, 15) is 4.79 Å². The monoisotopic (exact) mass is 434 g/mol. The second-order valence-corrected chi connectivity index (χ2v) is 8.34. The molecule has 1 aliphatic heterocycles. The second-order valence-electron chi connectivity index (χ2n) is 7.35. The first-order valence-corrected chi connectivity index (χ1v) is 11.5. The van der Waals surface area contributed by atoms with Crippen LogP contribution in [0.4, 0.5) is 5.82 Å². The lowest BCUT2D eigenvalue weighted by molar-refractivity contribution is -0.128. The number of rotatable bonds is 7. The largest absolute Gasteiger partial charge is 0.497 e. The van der Waals surface area contributed by atoms with Gasteiger partial charge in [0.25, 0.3) is 0 Å². The minimum absolute atomic E-state index is 0.210. The summed E-state index contributed by atoms with van der Waals surface area (Å²) in [6.07, 6.45) is 0. The first kappa shape index (κ1) is 21.2. The Hall–Kier alpha value is -3.06. The molecule has 1 saturated heterocycles. The molecule has 0 atom stereocenters. The molecule has 0 radical (unpaired) electrons. The summed E-state index contributed by atoms with van der Waals surface area (Å²) < 4.78 is 5.20. The van der Waals surface area contributed by atoms with E-state index in [-0.39, 0.29) is 5.91 Å². The summed E-state index contributed by atoms with van der Waals surface area (Å²) in [7, 11) is 1.65. The number of hydrogen-bond acceptors (Lipinski definition) is 6. The molecular weight excluding hydrogens is 408 g/mol. The van der Waals surface area contributed by atoms with Crippen molar-refractivity contribution >= 4 is 23.5 Å². The van der Waals surface area contributed by atoms with Crippen LogP contribution < -0.4 is 9.64 Å². The van der Waals surface area contributed by atoms with Crippen LogP contribution in [0.25, 0.3) is 11.3 Å². The van der Waals surface area contributed by atoms with E-state index in [4.69, 9.17) is 4.74 Å². The first-order chi connectivity index (χ1) is 15.2. The third-order valence-corrected chi connectivity index (χ3v) is 6.32. The number of ether oxygens (including phenoxy) is 1. The fourth-order valence-electron chi connectivity index (χ4n) is 3.52. The summed E-state index contributed by atoms with van der Waals surface area (Å²) >= 11 is 1.67. The SMILES string of the molecule is COc1ccc(-c2ccc(N3CCN(C(=O)CSCc4ccccc4)CC3)nn2)cc1. The number of piperazine rings is 1. The molecule has 4 rings (SSSR count). The molecule has 1 aliphatic rings. The van der Waals surface area contributed by atoms with Crippen LogP contribution in [0.15, 0.2) is 66.7 Å². The zero-order valence-electron chi connectivity index (χ0n) is 17.6. The van der Waals surface area contributed by atoms with Crippen molar-refractivity contribution in [2.75, 3.05) is 43.9 Å². The number of carbonyl (C=O) groups is 1. The maximum atomic E-state index is 12.5. The van der Waals surface area contributed by atoms with Crippen molar-refractivity contribution < 1.29 is 9.53 Å². The number of aromatic nitrogens is 2. The third-order valence-electron chi connectivity index (χ3n) is 5.33. The Balaban J connectivity index is 1.25. The van der Waals surface area contributed by atoms with Gasteiger partial charge in [0.2, 0.25) is 5.91 Å². The van der Waals surface area contributed by atoms with E-state index in [0.717, 1.165) is 41.7 Å². The van der Waals surface area contributed by atoms with Gasteiger partial charge < -0.3 is 14.5 Å². The fourth-order valence-corrected chi connectivity index (χ4v) is 4.40. The van der Waals surface area contributed by atoms with Gasteiger partial charge in [-0.3, -0.25) is 4.79 Å². The zero-order valence-corrected chi connectivity index (χ0v) is 18.4. The molecule has 3 aromatic rings. The van der Waals surface area contributed by atoms with E-state index in [1.807, 2.05) is 59.5 Å². The smallest absolute Gasteiger partial charge is 0.232 e. The van der Waals surface area contributed by atoms with Gasteiger partial charge in [-0.1, -0.05) is 30.3 Å². The van der Waals surface area contributed by atoms with Crippen molar-refractivity contribution in [3.05, 3.63) is 72.3 Å². The van der Waals surface area contributed by atoms with Gasteiger partial charge in [-0.2, -0.15) is 0 Å². The standard InChI is InChI=1S/C24H26N4O2S/c1-30-21-9-7-20(8-10-21)22-11-12-23(26-25-22)27-13-15-28(16-14-27)24(29)18-31-17-19-5-3-2-4-6-19/h2-12H,13-18H2,1H3. The van der Waals surface area contributed by atoms with E-state index >= 15 is 0 Å². The van der Waals surface area contributed by atoms with E-state index in [0.29, 0.717) is 18.8 Å². The molecule has 0 N–H and O–H groups in total. The number of benzene rings is 2.